The molecule has 0 saturated carbocycles. The van der Waals surface area contributed by atoms with Crippen molar-refractivity contribution < 1.29 is 4.79 Å². The van der Waals surface area contributed by atoms with Crippen molar-refractivity contribution in [1.82, 2.24) is 0 Å². The van der Waals surface area contributed by atoms with Crippen molar-refractivity contribution in [3.63, 3.8) is 0 Å². The topological polar surface area (TPSA) is 70.1 Å². The number of carbonyl (C=O) groups excluding carboxylic acids is 1. The highest BCUT2D eigenvalue weighted by molar-refractivity contribution is 5.83. The third kappa shape index (κ3) is 2.51. The van der Waals surface area contributed by atoms with Crippen LogP contribution in [0.4, 0.5) is 5.69 Å². The molecule has 1 aromatic rings. The lowest BCUT2D eigenvalue weighted by Crippen LogP contribution is -2.42. The van der Waals surface area contributed by atoms with Crippen molar-refractivity contribution in [2.24, 2.45) is 5.73 Å². The van der Waals surface area contributed by atoms with Gasteiger partial charge in [0.25, 0.3) is 0 Å². The van der Waals surface area contributed by atoms with Crippen LogP contribution in [0.25, 0.3) is 0 Å². The highest BCUT2D eigenvalue weighted by atomic mass is 16.1. The van der Waals surface area contributed by atoms with E-state index in [4.69, 9.17) is 11.0 Å². The standard InChI is InChI=1S/C12H15N3O/c1-3-11(12(14)16)15(2)10-6-4-9(8-13)5-7-10/h4-7,11H,3H2,1-2H3,(H2,14,16). The van der Waals surface area contributed by atoms with Crippen molar-refractivity contribution in [2.75, 3.05) is 11.9 Å². The van der Waals surface area contributed by atoms with Gasteiger partial charge >= 0.3 is 0 Å². The molecule has 2 N–H and O–H groups in total. The highest BCUT2D eigenvalue weighted by Gasteiger charge is 2.18. The zero-order valence-corrected chi connectivity index (χ0v) is 9.47. The molecule has 0 heterocycles. The predicted molar refractivity (Wildman–Crippen MR) is 62.8 cm³/mol. The van der Waals surface area contributed by atoms with Crippen molar-refractivity contribution >= 4 is 11.6 Å². The van der Waals surface area contributed by atoms with E-state index in [-0.39, 0.29) is 11.9 Å². The Morgan fingerprint density at radius 1 is 1.50 bits per heavy atom. The molecule has 1 aromatic carbocycles. The molecule has 0 aliphatic heterocycles. The molecular formula is C12H15N3O. The summed E-state index contributed by atoms with van der Waals surface area (Å²) in [5.74, 6) is -0.339. The van der Waals surface area contributed by atoms with E-state index in [9.17, 15) is 4.79 Å². The highest BCUT2D eigenvalue weighted by Crippen LogP contribution is 2.17. The van der Waals surface area contributed by atoms with Gasteiger partial charge in [-0.15, -0.1) is 0 Å². The molecule has 0 bridgehead atoms. The summed E-state index contributed by atoms with van der Waals surface area (Å²) in [4.78, 5) is 13.0. The fourth-order valence-electron chi connectivity index (χ4n) is 1.62. The van der Waals surface area contributed by atoms with Crippen molar-refractivity contribution in [3.8, 4) is 6.07 Å². The number of likely N-dealkylation sites (N-methyl/N-ethyl adjacent to an activating group) is 1. The third-order valence-corrected chi connectivity index (χ3v) is 2.59. The Labute approximate surface area is 95.3 Å². The van der Waals surface area contributed by atoms with Gasteiger partial charge in [0.1, 0.15) is 6.04 Å². The van der Waals surface area contributed by atoms with Crippen LogP contribution in [0.15, 0.2) is 24.3 Å². The van der Waals surface area contributed by atoms with E-state index in [0.717, 1.165) is 5.69 Å². The number of nitrogens with zero attached hydrogens (tertiary/aromatic N) is 2. The van der Waals surface area contributed by atoms with Gasteiger partial charge in [0.2, 0.25) is 5.91 Å². The third-order valence-electron chi connectivity index (χ3n) is 2.59. The maximum absolute atomic E-state index is 11.2. The van der Waals surface area contributed by atoms with Gasteiger partial charge in [-0.2, -0.15) is 5.26 Å². The molecule has 0 spiro atoms. The number of hydrogen-bond acceptors (Lipinski definition) is 3. The molecule has 1 amide bonds. The zero-order valence-electron chi connectivity index (χ0n) is 9.47. The van der Waals surface area contributed by atoms with Crippen LogP contribution in [-0.4, -0.2) is 19.0 Å². The van der Waals surface area contributed by atoms with Gasteiger partial charge in [-0.3, -0.25) is 4.79 Å². The Balaban J connectivity index is 2.91. The SMILES string of the molecule is CCC(C(N)=O)N(C)c1ccc(C#N)cc1. The summed E-state index contributed by atoms with van der Waals surface area (Å²) in [7, 11) is 1.82. The normalized spacial score (nSPS) is 11.6. The molecular weight excluding hydrogens is 202 g/mol. The van der Waals surface area contributed by atoms with Crippen LogP contribution in [0.3, 0.4) is 0 Å². The molecule has 0 fully saturated rings. The zero-order chi connectivity index (χ0) is 12.1. The van der Waals surface area contributed by atoms with Gasteiger partial charge < -0.3 is 10.6 Å². The van der Waals surface area contributed by atoms with Crippen LogP contribution >= 0.6 is 0 Å². The van der Waals surface area contributed by atoms with E-state index in [0.29, 0.717) is 12.0 Å². The monoisotopic (exact) mass is 217 g/mol. The van der Waals surface area contributed by atoms with E-state index in [1.54, 1.807) is 12.1 Å². The van der Waals surface area contributed by atoms with Crippen LogP contribution in [-0.2, 0) is 4.79 Å². The molecule has 1 rings (SSSR count). The molecule has 0 aliphatic rings. The van der Waals surface area contributed by atoms with Gasteiger partial charge in [0, 0.05) is 12.7 Å². The largest absolute Gasteiger partial charge is 0.368 e. The molecule has 4 nitrogen and oxygen atoms in total. The summed E-state index contributed by atoms with van der Waals surface area (Å²) in [6.07, 6.45) is 0.659. The summed E-state index contributed by atoms with van der Waals surface area (Å²) >= 11 is 0. The van der Waals surface area contributed by atoms with Crippen molar-refractivity contribution in [2.45, 2.75) is 19.4 Å². The van der Waals surface area contributed by atoms with E-state index < -0.39 is 0 Å². The van der Waals surface area contributed by atoms with Crippen LogP contribution in [0.5, 0.6) is 0 Å². The number of amides is 1. The quantitative estimate of drug-likeness (QED) is 0.825. The van der Waals surface area contributed by atoms with Gasteiger partial charge in [-0.1, -0.05) is 6.92 Å². The van der Waals surface area contributed by atoms with Crippen LogP contribution in [0.1, 0.15) is 18.9 Å². The molecule has 1 atom stereocenters. The number of hydrogen-bond donors (Lipinski definition) is 1. The summed E-state index contributed by atoms with van der Waals surface area (Å²) < 4.78 is 0. The first kappa shape index (κ1) is 12.1. The van der Waals surface area contributed by atoms with Crippen LogP contribution in [0, 0.1) is 11.3 Å². The van der Waals surface area contributed by atoms with E-state index in [1.165, 1.54) is 0 Å². The minimum Gasteiger partial charge on any atom is -0.368 e. The molecule has 0 radical (unpaired) electrons. The lowest BCUT2D eigenvalue weighted by molar-refractivity contribution is -0.119. The average molecular weight is 217 g/mol. The first-order valence-electron chi connectivity index (χ1n) is 5.12. The van der Waals surface area contributed by atoms with E-state index in [2.05, 4.69) is 0 Å². The smallest absolute Gasteiger partial charge is 0.240 e. The van der Waals surface area contributed by atoms with Gasteiger partial charge in [-0.05, 0) is 30.7 Å². The molecule has 0 saturated heterocycles. The lowest BCUT2D eigenvalue weighted by Gasteiger charge is -2.26. The fourth-order valence-corrected chi connectivity index (χ4v) is 1.62. The molecule has 1 unspecified atom stereocenters. The Kier molecular flexibility index (Phi) is 3.90. The van der Waals surface area contributed by atoms with Gasteiger partial charge in [-0.25, -0.2) is 0 Å². The Morgan fingerprint density at radius 3 is 2.44 bits per heavy atom. The van der Waals surface area contributed by atoms with Crippen LogP contribution in [0.2, 0.25) is 0 Å². The Hall–Kier alpha value is -2.02. The second-order valence-corrected chi connectivity index (χ2v) is 3.60. The summed E-state index contributed by atoms with van der Waals surface area (Å²) in [6.45, 7) is 1.91. The first-order valence-corrected chi connectivity index (χ1v) is 5.12. The molecule has 16 heavy (non-hydrogen) atoms. The summed E-state index contributed by atoms with van der Waals surface area (Å²) in [5, 5.41) is 8.67. The minimum absolute atomic E-state index is 0.312. The maximum atomic E-state index is 11.2. The van der Waals surface area contributed by atoms with E-state index in [1.807, 2.05) is 37.1 Å². The second-order valence-electron chi connectivity index (χ2n) is 3.60. The van der Waals surface area contributed by atoms with Crippen LogP contribution < -0.4 is 10.6 Å². The van der Waals surface area contributed by atoms with Crippen molar-refractivity contribution in [3.05, 3.63) is 29.8 Å². The molecule has 0 aromatic heterocycles. The molecule has 0 aliphatic carbocycles. The lowest BCUT2D eigenvalue weighted by atomic mass is 10.1. The number of rotatable bonds is 4. The number of carbonyl (C=O) groups is 1. The number of anilines is 1. The average Bonchev–Trinajstić information content (AvgIpc) is 2.29. The Morgan fingerprint density at radius 2 is 2.06 bits per heavy atom. The number of nitriles is 1. The van der Waals surface area contributed by atoms with Gasteiger partial charge in [0.05, 0.1) is 11.6 Å². The molecule has 4 heteroatoms. The summed E-state index contributed by atoms with van der Waals surface area (Å²) in [5.41, 5.74) is 6.79. The van der Waals surface area contributed by atoms with Gasteiger partial charge in [0.15, 0.2) is 0 Å². The minimum atomic E-state index is -0.339. The first-order chi connectivity index (χ1) is 7.60. The second kappa shape index (κ2) is 5.17. The number of benzene rings is 1. The summed E-state index contributed by atoms with van der Waals surface area (Å²) in [6, 6.07) is 8.80. The van der Waals surface area contributed by atoms with Crippen molar-refractivity contribution in [1.29, 1.82) is 5.26 Å². The predicted octanol–water partition coefficient (Wildman–Crippen LogP) is 1.26. The van der Waals surface area contributed by atoms with E-state index >= 15 is 0 Å². The number of nitrogens with two attached hydrogens (primary N) is 1. The fraction of sp³-hybridized carbons (Fsp3) is 0.333. The Bertz CT molecular complexity index is 405. The number of primary amides is 1. The maximum Gasteiger partial charge on any atom is 0.240 e. The molecule has 84 valence electrons.